The van der Waals surface area contributed by atoms with E-state index in [0.717, 1.165) is 48.4 Å². The van der Waals surface area contributed by atoms with Crippen LogP contribution in [0.5, 0.6) is 0 Å². The summed E-state index contributed by atoms with van der Waals surface area (Å²) in [6.07, 6.45) is 4.97. The molecule has 1 aromatic carbocycles. The fourth-order valence-corrected chi connectivity index (χ4v) is 3.67. The van der Waals surface area contributed by atoms with Gasteiger partial charge in [0.1, 0.15) is 5.70 Å². The van der Waals surface area contributed by atoms with Crippen molar-refractivity contribution in [3.63, 3.8) is 0 Å². The van der Waals surface area contributed by atoms with E-state index >= 15 is 0 Å². The van der Waals surface area contributed by atoms with Gasteiger partial charge in [0, 0.05) is 23.5 Å². The van der Waals surface area contributed by atoms with Gasteiger partial charge in [-0.15, -0.1) is 11.3 Å². The van der Waals surface area contributed by atoms with E-state index in [9.17, 15) is 9.59 Å². The Balaban J connectivity index is 1.84. The van der Waals surface area contributed by atoms with E-state index in [1.807, 2.05) is 48.4 Å². The van der Waals surface area contributed by atoms with Gasteiger partial charge in [-0.05, 0) is 73.9 Å². The Morgan fingerprint density at radius 1 is 1.08 bits per heavy atom. The molecular weight excluding hydrogens is 344 g/mol. The summed E-state index contributed by atoms with van der Waals surface area (Å²) in [5, 5.41) is 4.81. The second-order valence-corrected chi connectivity index (χ2v) is 7.66. The third-order valence-corrected chi connectivity index (χ3v) is 5.54. The number of aryl methyl sites for hydroxylation is 2. The molecule has 1 aliphatic rings. The number of nitrogens with zero attached hydrogens (tertiary/aromatic N) is 1. The molecule has 1 saturated heterocycles. The molecule has 0 radical (unpaired) electrons. The van der Waals surface area contributed by atoms with Crippen LogP contribution in [0.25, 0.3) is 6.08 Å². The smallest absolute Gasteiger partial charge is 0.270 e. The summed E-state index contributed by atoms with van der Waals surface area (Å²) in [6.45, 7) is 5.49. The zero-order valence-electron chi connectivity index (χ0n) is 15.2. The van der Waals surface area contributed by atoms with Crippen LogP contribution in [-0.4, -0.2) is 29.8 Å². The average Bonchev–Trinajstić information content (AvgIpc) is 3.16. The van der Waals surface area contributed by atoms with Crippen LogP contribution in [0.2, 0.25) is 0 Å². The molecule has 2 amide bonds. The summed E-state index contributed by atoms with van der Waals surface area (Å²) < 4.78 is 0. The number of likely N-dealkylation sites (tertiary alicyclic amines) is 1. The lowest BCUT2D eigenvalue weighted by atomic mass is 10.1. The third-order valence-electron chi connectivity index (χ3n) is 4.72. The highest BCUT2D eigenvalue weighted by atomic mass is 32.1. The van der Waals surface area contributed by atoms with Crippen LogP contribution in [0.4, 0.5) is 0 Å². The van der Waals surface area contributed by atoms with Crippen LogP contribution in [0, 0.1) is 13.8 Å². The lowest BCUT2D eigenvalue weighted by Crippen LogP contribution is -2.41. The summed E-state index contributed by atoms with van der Waals surface area (Å²) in [4.78, 5) is 28.5. The molecule has 2 aromatic rings. The number of hydrogen-bond donors (Lipinski definition) is 1. The Kier molecular flexibility index (Phi) is 5.89. The molecule has 0 unspecified atom stereocenters. The number of rotatable bonds is 4. The minimum absolute atomic E-state index is 0.102. The van der Waals surface area contributed by atoms with E-state index in [4.69, 9.17) is 0 Å². The Morgan fingerprint density at radius 3 is 2.50 bits per heavy atom. The number of nitrogens with one attached hydrogen (secondary N) is 1. The topological polar surface area (TPSA) is 49.4 Å². The van der Waals surface area contributed by atoms with E-state index in [0.29, 0.717) is 11.3 Å². The third kappa shape index (κ3) is 4.41. The van der Waals surface area contributed by atoms with Gasteiger partial charge >= 0.3 is 0 Å². The van der Waals surface area contributed by atoms with Crippen LogP contribution in [0.15, 0.2) is 41.4 Å². The van der Waals surface area contributed by atoms with Crippen molar-refractivity contribution < 1.29 is 9.59 Å². The SMILES string of the molecule is Cc1ccc(C(=O)NC(=Cc2cccs2)C(=O)N2CCCCC2)cc1C. The highest BCUT2D eigenvalue weighted by Crippen LogP contribution is 2.17. The van der Waals surface area contributed by atoms with Gasteiger partial charge in [-0.1, -0.05) is 12.1 Å². The molecule has 1 aromatic heterocycles. The predicted octanol–water partition coefficient (Wildman–Crippen LogP) is 4.15. The van der Waals surface area contributed by atoms with Crippen LogP contribution >= 0.6 is 11.3 Å². The number of carbonyl (C=O) groups is 2. The molecular formula is C21H24N2O2S. The van der Waals surface area contributed by atoms with Crippen LogP contribution in [-0.2, 0) is 4.79 Å². The molecule has 26 heavy (non-hydrogen) atoms. The lowest BCUT2D eigenvalue weighted by molar-refractivity contribution is -0.128. The van der Waals surface area contributed by atoms with Crippen molar-refractivity contribution in [1.29, 1.82) is 0 Å². The molecule has 3 rings (SSSR count). The number of thiophene rings is 1. The zero-order chi connectivity index (χ0) is 18.5. The van der Waals surface area contributed by atoms with Crippen molar-refractivity contribution >= 4 is 29.2 Å². The lowest BCUT2D eigenvalue weighted by Gasteiger charge is -2.27. The molecule has 4 nitrogen and oxygen atoms in total. The fraction of sp³-hybridized carbons (Fsp3) is 0.333. The summed E-state index contributed by atoms with van der Waals surface area (Å²) in [6, 6.07) is 9.46. The van der Waals surface area contributed by atoms with Crippen molar-refractivity contribution in [2.24, 2.45) is 0 Å². The quantitative estimate of drug-likeness (QED) is 0.824. The maximum atomic E-state index is 13.0. The maximum absolute atomic E-state index is 13.0. The first kappa shape index (κ1) is 18.4. The normalized spacial score (nSPS) is 15.0. The second-order valence-electron chi connectivity index (χ2n) is 6.68. The van der Waals surface area contributed by atoms with E-state index in [2.05, 4.69) is 5.32 Å². The van der Waals surface area contributed by atoms with Crippen LogP contribution in [0.3, 0.4) is 0 Å². The Labute approximate surface area is 158 Å². The summed E-state index contributed by atoms with van der Waals surface area (Å²) in [5.74, 6) is -0.350. The van der Waals surface area contributed by atoms with E-state index in [1.165, 1.54) is 0 Å². The van der Waals surface area contributed by atoms with Crippen molar-refractivity contribution in [2.45, 2.75) is 33.1 Å². The van der Waals surface area contributed by atoms with Gasteiger partial charge in [0.2, 0.25) is 0 Å². The second kappa shape index (κ2) is 8.32. The van der Waals surface area contributed by atoms with E-state index in [1.54, 1.807) is 23.5 Å². The van der Waals surface area contributed by atoms with Crippen molar-refractivity contribution in [1.82, 2.24) is 10.2 Å². The number of benzene rings is 1. The highest BCUT2D eigenvalue weighted by Gasteiger charge is 2.22. The first-order valence-corrected chi connectivity index (χ1v) is 9.85. The molecule has 1 aliphatic heterocycles. The average molecular weight is 369 g/mol. The predicted molar refractivity (Wildman–Crippen MR) is 106 cm³/mol. The molecule has 0 bridgehead atoms. The van der Waals surface area contributed by atoms with Gasteiger partial charge in [-0.2, -0.15) is 0 Å². The van der Waals surface area contributed by atoms with Gasteiger partial charge < -0.3 is 10.2 Å². The number of amides is 2. The summed E-state index contributed by atoms with van der Waals surface area (Å²) >= 11 is 1.54. The van der Waals surface area contributed by atoms with Crippen molar-refractivity contribution in [3.05, 3.63) is 63.0 Å². The van der Waals surface area contributed by atoms with Gasteiger partial charge in [0.25, 0.3) is 11.8 Å². The molecule has 0 saturated carbocycles. The highest BCUT2D eigenvalue weighted by molar-refractivity contribution is 7.10. The largest absolute Gasteiger partial charge is 0.337 e. The number of piperidine rings is 1. The zero-order valence-corrected chi connectivity index (χ0v) is 16.1. The molecule has 0 spiro atoms. The van der Waals surface area contributed by atoms with Gasteiger partial charge in [-0.25, -0.2) is 0 Å². The Morgan fingerprint density at radius 2 is 1.85 bits per heavy atom. The molecule has 2 heterocycles. The first-order valence-electron chi connectivity index (χ1n) is 8.97. The van der Waals surface area contributed by atoms with Gasteiger partial charge in [-0.3, -0.25) is 9.59 Å². The first-order chi connectivity index (χ1) is 12.5. The number of carbonyl (C=O) groups excluding carboxylic acids is 2. The van der Waals surface area contributed by atoms with Gasteiger partial charge in [0.05, 0.1) is 0 Å². The molecule has 0 atom stereocenters. The van der Waals surface area contributed by atoms with Crippen molar-refractivity contribution in [2.75, 3.05) is 13.1 Å². The summed E-state index contributed by atoms with van der Waals surface area (Å²) in [7, 11) is 0. The van der Waals surface area contributed by atoms with Crippen LogP contribution < -0.4 is 5.32 Å². The molecule has 1 fully saturated rings. The molecule has 5 heteroatoms. The molecule has 0 aliphatic carbocycles. The van der Waals surface area contributed by atoms with E-state index < -0.39 is 0 Å². The Bertz CT molecular complexity index is 819. The maximum Gasteiger partial charge on any atom is 0.270 e. The monoisotopic (exact) mass is 368 g/mol. The van der Waals surface area contributed by atoms with Crippen molar-refractivity contribution in [3.8, 4) is 0 Å². The standard InChI is InChI=1S/C21H24N2O2S/c1-15-8-9-17(13-16(15)2)20(24)22-19(14-18-7-6-12-26-18)21(25)23-10-4-3-5-11-23/h6-9,12-14H,3-5,10-11H2,1-2H3,(H,22,24). The van der Waals surface area contributed by atoms with Gasteiger partial charge in [0.15, 0.2) is 0 Å². The summed E-state index contributed by atoms with van der Waals surface area (Å²) in [5.41, 5.74) is 3.11. The van der Waals surface area contributed by atoms with E-state index in [-0.39, 0.29) is 11.8 Å². The number of hydrogen-bond acceptors (Lipinski definition) is 3. The minimum atomic E-state index is -0.249. The minimum Gasteiger partial charge on any atom is -0.337 e. The van der Waals surface area contributed by atoms with Crippen LogP contribution in [0.1, 0.15) is 45.6 Å². The fourth-order valence-electron chi connectivity index (χ4n) is 3.01. The molecule has 136 valence electrons. The molecule has 1 N–H and O–H groups in total. The Hall–Kier alpha value is -2.40.